The number of nitrogens with one attached hydrogen (secondary N) is 2. The van der Waals surface area contributed by atoms with Crippen LogP contribution < -0.4 is 10.6 Å². The molecule has 2 amide bonds. The Morgan fingerprint density at radius 2 is 1.76 bits per heavy atom. The summed E-state index contributed by atoms with van der Waals surface area (Å²) in [6.07, 6.45) is 1.54. The second kappa shape index (κ2) is 7.00. The number of rotatable bonds is 4. The van der Waals surface area contributed by atoms with Gasteiger partial charge in [0.15, 0.2) is 0 Å². The molecule has 6 nitrogen and oxygen atoms in total. The van der Waals surface area contributed by atoms with Crippen molar-refractivity contribution < 1.29 is 9.59 Å². The zero-order valence-electron chi connectivity index (χ0n) is 14.0. The van der Waals surface area contributed by atoms with E-state index in [1.165, 1.54) is 0 Å². The molecule has 6 heteroatoms. The van der Waals surface area contributed by atoms with Crippen molar-refractivity contribution in [2.45, 2.75) is 6.92 Å². The van der Waals surface area contributed by atoms with E-state index in [4.69, 9.17) is 0 Å². The normalized spacial score (nSPS) is 10.3. The Bertz CT molecular complexity index is 916. The number of nitrogens with zero attached hydrogens (tertiary/aromatic N) is 2. The van der Waals surface area contributed by atoms with Gasteiger partial charge in [-0.1, -0.05) is 24.3 Å². The van der Waals surface area contributed by atoms with Crippen molar-refractivity contribution >= 4 is 17.5 Å². The molecule has 0 aliphatic rings. The fourth-order valence-electron chi connectivity index (χ4n) is 2.54. The predicted octanol–water partition coefficient (Wildman–Crippen LogP) is 2.79. The molecular formula is C19H18N4O2. The van der Waals surface area contributed by atoms with Crippen LogP contribution in [0.4, 0.5) is 5.69 Å². The Morgan fingerprint density at radius 1 is 1.00 bits per heavy atom. The van der Waals surface area contributed by atoms with Gasteiger partial charge in [-0.3, -0.25) is 9.59 Å². The molecule has 2 aromatic carbocycles. The second-order valence-corrected chi connectivity index (χ2v) is 5.51. The van der Waals surface area contributed by atoms with Gasteiger partial charge in [-0.25, -0.2) is 4.68 Å². The van der Waals surface area contributed by atoms with E-state index in [9.17, 15) is 9.59 Å². The standard InChI is InChI=1S/C19H18N4O2/c1-13-17(12-21-23(13)16-9-4-3-5-10-16)19(25)22-15-8-6-7-14(11-15)18(24)20-2/h3-12H,1-2H3,(H,20,24)(H,22,25). The topological polar surface area (TPSA) is 76.0 Å². The molecule has 0 aliphatic heterocycles. The first-order valence-electron chi connectivity index (χ1n) is 7.83. The average molecular weight is 334 g/mol. The predicted molar refractivity (Wildman–Crippen MR) is 96.1 cm³/mol. The number of hydrogen-bond donors (Lipinski definition) is 2. The summed E-state index contributed by atoms with van der Waals surface area (Å²) in [5, 5.41) is 9.67. The van der Waals surface area contributed by atoms with Crippen molar-refractivity contribution in [3.05, 3.63) is 77.6 Å². The van der Waals surface area contributed by atoms with Crippen LogP contribution in [0.2, 0.25) is 0 Å². The molecule has 0 saturated heterocycles. The van der Waals surface area contributed by atoms with Gasteiger partial charge >= 0.3 is 0 Å². The minimum atomic E-state index is -0.270. The third kappa shape index (κ3) is 3.42. The highest BCUT2D eigenvalue weighted by Gasteiger charge is 2.15. The molecule has 126 valence electrons. The summed E-state index contributed by atoms with van der Waals surface area (Å²) in [7, 11) is 1.56. The highest BCUT2D eigenvalue weighted by Crippen LogP contribution is 2.17. The zero-order chi connectivity index (χ0) is 17.8. The summed E-state index contributed by atoms with van der Waals surface area (Å²) in [5.74, 6) is -0.474. The van der Waals surface area contributed by atoms with Gasteiger partial charge in [0, 0.05) is 18.3 Å². The molecular weight excluding hydrogens is 316 g/mol. The van der Waals surface area contributed by atoms with Crippen molar-refractivity contribution in [1.82, 2.24) is 15.1 Å². The zero-order valence-corrected chi connectivity index (χ0v) is 14.0. The first-order chi connectivity index (χ1) is 12.1. The van der Waals surface area contributed by atoms with Crippen LogP contribution in [0.3, 0.4) is 0 Å². The number of amides is 2. The van der Waals surface area contributed by atoms with Crippen molar-refractivity contribution in [2.24, 2.45) is 0 Å². The Kier molecular flexibility index (Phi) is 4.61. The quantitative estimate of drug-likeness (QED) is 0.770. The van der Waals surface area contributed by atoms with Gasteiger partial charge in [0.1, 0.15) is 0 Å². The molecule has 0 aliphatic carbocycles. The molecule has 3 aromatic rings. The van der Waals surface area contributed by atoms with Gasteiger partial charge in [-0.2, -0.15) is 5.10 Å². The van der Waals surface area contributed by atoms with Crippen LogP contribution in [-0.4, -0.2) is 28.6 Å². The Morgan fingerprint density at radius 3 is 2.48 bits per heavy atom. The van der Waals surface area contributed by atoms with E-state index >= 15 is 0 Å². The molecule has 0 bridgehead atoms. The summed E-state index contributed by atoms with van der Waals surface area (Å²) in [6.45, 7) is 1.84. The van der Waals surface area contributed by atoms with Crippen LogP contribution in [-0.2, 0) is 0 Å². The van der Waals surface area contributed by atoms with Gasteiger partial charge in [0.05, 0.1) is 23.1 Å². The molecule has 2 N–H and O–H groups in total. The number of benzene rings is 2. The first-order valence-corrected chi connectivity index (χ1v) is 7.83. The van der Waals surface area contributed by atoms with E-state index in [0.717, 1.165) is 11.4 Å². The van der Waals surface area contributed by atoms with E-state index in [1.807, 2.05) is 37.3 Å². The van der Waals surface area contributed by atoms with Crippen LogP contribution in [0.1, 0.15) is 26.4 Å². The van der Waals surface area contributed by atoms with Gasteiger partial charge < -0.3 is 10.6 Å². The van der Waals surface area contributed by atoms with E-state index < -0.39 is 0 Å². The van der Waals surface area contributed by atoms with Crippen molar-refractivity contribution in [3.8, 4) is 5.69 Å². The molecule has 0 saturated carbocycles. The largest absolute Gasteiger partial charge is 0.355 e. The number of carbonyl (C=O) groups excluding carboxylic acids is 2. The van der Waals surface area contributed by atoms with E-state index in [1.54, 1.807) is 42.2 Å². The summed E-state index contributed by atoms with van der Waals surface area (Å²) >= 11 is 0. The van der Waals surface area contributed by atoms with Crippen LogP contribution in [0, 0.1) is 6.92 Å². The highest BCUT2D eigenvalue weighted by atomic mass is 16.2. The number of aromatic nitrogens is 2. The summed E-state index contributed by atoms with van der Waals surface area (Å²) in [6, 6.07) is 16.4. The van der Waals surface area contributed by atoms with E-state index in [0.29, 0.717) is 16.8 Å². The smallest absolute Gasteiger partial charge is 0.259 e. The minimum Gasteiger partial charge on any atom is -0.355 e. The van der Waals surface area contributed by atoms with E-state index in [2.05, 4.69) is 15.7 Å². The summed E-state index contributed by atoms with van der Waals surface area (Å²) < 4.78 is 1.72. The fourth-order valence-corrected chi connectivity index (χ4v) is 2.54. The maximum atomic E-state index is 12.6. The number of anilines is 1. The SMILES string of the molecule is CNC(=O)c1cccc(NC(=O)c2cnn(-c3ccccc3)c2C)c1. The van der Waals surface area contributed by atoms with E-state index in [-0.39, 0.29) is 11.8 Å². The maximum absolute atomic E-state index is 12.6. The molecule has 1 heterocycles. The van der Waals surface area contributed by atoms with Crippen molar-refractivity contribution in [1.29, 1.82) is 0 Å². The van der Waals surface area contributed by atoms with Gasteiger partial charge in [-0.05, 0) is 37.3 Å². The molecule has 3 rings (SSSR count). The molecule has 0 unspecified atom stereocenters. The molecule has 0 radical (unpaired) electrons. The highest BCUT2D eigenvalue weighted by molar-refractivity contribution is 6.05. The van der Waals surface area contributed by atoms with Crippen molar-refractivity contribution in [3.63, 3.8) is 0 Å². The molecule has 0 fully saturated rings. The van der Waals surface area contributed by atoms with Gasteiger partial charge in [0.25, 0.3) is 11.8 Å². The lowest BCUT2D eigenvalue weighted by molar-refractivity contribution is 0.0961. The third-order valence-electron chi connectivity index (χ3n) is 3.86. The van der Waals surface area contributed by atoms with Crippen LogP contribution in [0.25, 0.3) is 5.69 Å². The fraction of sp³-hybridized carbons (Fsp3) is 0.105. The summed E-state index contributed by atoms with van der Waals surface area (Å²) in [5.41, 5.74) is 3.15. The lowest BCUT2D eigenvalue weighted by Gasteiger charge is -2.08. The van der Waals surface area contributed by atoms with Crippen LogP contribution >= 0.6 is 0 Å². The Labute approximate surface area is 145 Å². The Balaban J connectivity index is 1.83. The lowest BCUT2D eigenvalue weighted by atomic mass is 10.1. The third-order valence-corrected chi connectivity index (χ3v) is 3.86. The summed E-state index contributed by atoms with van der Waals surface area (Å²) in [4.78, 5) is 24.3. The number of hydrogen-bond acceptors (Lipinski definition) is 3. The van der Waals surface area contributed by atoms with Gasteiger partial charge in [0.2, 0.25) is 0 Å². The average Bonchev–Trinajstić information content (AvgIpc) is 3.03. The van der Waals surface area contributed by atoms with Crippen LogP contribution in [0.15, 0.2) is 60.8 Å². The van der Waals surface area contributed by atoms with Crippen molar-refractivity contribution in [2.75, 3.05) is 12.4 Å². The Hall–Kier alpha value is -3.41. The maximum Gasteiger partial charge on any atom is 0.259 e. The molecule has 1 aromatic heterocycles. The molecule has 25 heavy (non-hydrogen) atoms. The second-order valence-electron chi connectivity index (χ2n) is 5.51. The monoisotopic (exact) mass is 334 g/mol. The van der Waals surface area contributed by atoms with Crippen LogP contribution in [0.5, 0.6) is 0 Å². The minimum absolute atomic E-state index is 0.204. The first kappa shape index (κ1) is 16.4. The molecule has 0 spiro atoms. The molecule has 0 atom stereocenters. The van der Waals surface area contributed by atoms with Gasteiger partial charge in [-0.15, -0.1) is 0 Å². The number of para-hydroxylation sites is 1. The number of carbonyl (C=O) groups is 2. The lowest BCUT2D eigenvalue weighted by Crippen LogP contribution is -2.18.